The van der Waals surface area contributed by atoms with Gasteiger partial charge in [-0.25, -0.2) is 9.97 Å². The highest BCUT2D eigenvalue weighted by Gasteiger charge is 2.15. The molecule has 0 spiro atoms. The fourth-order valence-corrected chi connectivity index (χ4v) is 1.18. The van der Waals surface area contributed by atoms with E-state index in [4.69, 9.17) is 5.11 Å². The van der Waals surface area contributed by atoms with E-state index in [0.717, 1.165) is 5.56 Å². The highest BCUT2D eigenvalue weighted by Crippen LogP contribution is 2.20. The van der Waals surface area contributed by atoms with Crippen molar-refractivity contribution in [1.29, 1.82) is 0 Å². The van der Waals surface area contributed by atoms with Crippen LogP contribution in [0.15, 0.2) is 12.4 Å². The van der Waals surface area contributed by atoms with Gasteiger partial charge in [0.2, 0.25) is 5.95 Å². The largest absolute Gasteiger partial charge is 0.480 e. The number of hydrogen-bond acceptors (Lipinski definition) is 4. The average Bonchev–Trinajstić information content (AvgIpc) is 2.15. The first-order chi connectivity index (χ1) is 7.30. The van der Waals surface area contributed by atoms with Crippen LogP contribution in [-0.2, 0) is 10.2 Å². The van der Waals surface area contributed by atoms with Crippen LogP contribution in [0.2, 0.25) is 0 Å². The van der Waals surface area contributed by atoms with E-state index in [9.17, 15) is 4.79 Å². The minimum Gasteiger partial charge on any atom is -0.480 e. The summed E-state index contributed by atoms with van der Waals surface area (Å²) in [4.78, 5) is 20.3. The van der Waals surface area contributed by atoms with Gasteiger partial charge in [0.15, 0.2) is 0 Å². The Kier molecular flexibility index (Phi) is 3.47. The van der Waals surface area contributed by atoms with E-state index in [1.54, 1.807) is 19.4 Å². The molecule has 0 aliphatic rings. The van der Waals surface area contributed by atoms with Gasteiger partial charge in [0.1, 0.15) is 6.54 Å². The summed E-state index contributed by atoms with van der Waals surface area (Å²) in [7, 11) is 1.65. The molecular formula is C11H17N3O2. The van der Waals surface area contributed by atoms with Crippen molar-refractivity contribution in [3.63, 3.8) is 0 Å². The molecule has 5 heteroatoms. The molecule has 0 aliphatic heterocycles. The van der Waals surface area contributed by atoms with Crippen LogP contribution in [-0.4, -0.2) is 34.6 Å². The Bertz CT molecular complexity index is 368. The van der Waals surface area contributed by atoms with Crippen molar-refractivity contribution >= 4 is 11.9 Å². The molecule has 0 unspecified atom stereocenters. The van der Waals surface area contributed by atoms with E-state index in [0.29, 0.717) is 5.95 Å². The lowest BCUT2D eigenvalue weighted by Gasteiger charge is -2.19. The third-order valence-electron chi connectivity index (χ3n) is 2.22. The molecule has 1 rings (SSSR count). The molecule has 0 aromatic carbocycles. The van der Waals surface area contributed by atoms with Gasteiger partial charge in [-0.05, 0) is 11.0 Å². The molecule has 0 radical (unpaired) electrons. The first-order valence-corrected chi connectivity index (χ1v) is 5.06. The summed E-state index contributed by atoms with van der Waals surface area (Å²) in [6.45, 7) is 6.12. The maximum Gasteiger partial charge on any atom is 0.323 e. The number of aliphatic carboxylic acids is 1. The van der Waals surface area contributed by atoms with Gasteiger partial charge in [0.05, 0.1) is 0 Å². The van der Waals surface area contributed by atoms with Crippen molar-refractivity contribution in [1.82, 2.24) is 9.97 Å². The van der Waals surface area contributed by atoms with Gasteiger partial charge in [0.25, 0.3) is 0 Å². The van der Waals surface area contributed by atoms with Gasteiger partial charge < -0.3 is 10.0 Å². The van der Waals surface area contributed by atoms with E-state index in [1.165, 1.54) is 4.90 Å². The summed E-state index contributed by atoms with van der Waals surface area (Å²) in [5.74, 6) is -0.471. The second-order valence-electron chi connectivity index (χ2n) is 4.77. The molecule has 5 nitrogen and oxygen atoms in total. The summed E-state index contributed by atoms with van der Waals surface area (Å²) < 4.78 is 0. The Hall–Kier alpha value is -1.65. The zero-order valence-electron chi connectivity index (χ0n) is 10.1. The van der Waals surface area contributed by atoms with Crippen molar-refractivity contribution < 1.29 is 9.90 Å². The van der Waals surface area contributed by atoms with E-state index in [-0.39, 0.29) is 12.0 Å². The Morgan fingerprint density at radius 2 is 1.88 bits per heavy atom. The number of likely N-dealkylation sites (N-methyl/N-ethyl adjacent to an activating group) is 1. The van der Waals surface area contributed by atoms with Crippen LogP contribution in [0.5, 0.6) is 0 Å². The standard InChI is InChI=1S/C11H17N3O2/c1-11(2,3)8-5-12-10(13-6-8)14(4)7-9(15)16/h5-6H,7H2,1-4H3,(H,15,16). The first-order valence-electron chi connectivity index (χ1n) is 5.06. The van der Waals surface area contributed by atoms with Crippen LogP contribution in [0.1, 0.15) is 26.3 Å². The van der Waals surface area contributed by atoms with Crippen LogP contribution in [0.3, 0.4) is 0 Å². The molecule has 0 atom stereocenters. The predicted octanol–water partition coefficient (Wildman–Crippen LogP) is 1.29. The second-order valence-corrected chi connectivity index (χ2v) is 4.77. The number of carbonyl (C=O) groups is 1. The van der Waals surface area contributed by atoms with Crippen LogP contribution in [0.4, 0.5) is 5.95 Å². The van der Waals surface area contributed by atoms with Gasteiger partial charge in [-0.2, -0.15) is 0 Å². The lowest BCUT2D eigenvalue weighted by Crippen LogP contribution is -2.27. The lowest BCUT2D eigenvalue weighted by molar-refractivity contribution is -0.135. The second kappa shape index (κ2) is 4.47. The summed E-state index contributed by atoms with van der Waals surface area (Å²) in [5, 5.41) is 8.63. The molecule has 16 heavy (non-hydrogen) atoms. The number of carboxylic acid groups (broad SMARTS) is 1. The minimum absolute atomic E-state index is 0.00387. The predicted molar refractivity (Wildman–Crippen MR) is 61.6 cm³/mol. The molecule has 0 saturated carbocycles. The van der Waals surface area contributed by atoms with Crippen molar-refractivity contribution in [2.45, 2.75) is 26.2 Å². The summed E-state index contributed by atoms with van der Waals surface area (Å²) in [6, 6.07) is 0. The highest BCUT2D eigenvalue weighted by atomic mass is 16.4. The Morgan fingerprint density at radius 3 is 2.25 bits per heavy atom. The van der Waals surface area contributed by atoms with Crippen molar-refractivity contribution in [2.24, 2.45) is 0 Å². The average molecular weight is 223 g/mol. The van der Waals surface area contributed by atoms with E-state index >= 15 is 0 Å². The van der Waals surface area contributed by atoms with E-state index in [2.05, 4.69) is 30.7 Å². The number of hydrogen-bond donors (Lipinski definition) is 1. The fraction of sp³-hybridized carbons (Fsp3) is 0.545. The molecule has 0 fully saturated rings. The van der Waals surface area contributed by atoms with Crippen LogP contribution >= 0.6 is 0 Å². The molecule has 0 aliphatic carbocycles. The topological polar surface area (TPSA) is 66.3 Å². The smallest absolute Gasteiger partial charge is 0.323 e. The quantitative estimate of drug-likeness (QED) is 0.836. The number of aromatic nitrogens is 2. The molecule has 0 bridgehead atoms. The van der Waals surface area contributed by atoms with Crippen LogP contribution < -0.4 is 4.90 Å². The van der Waals surface area contributed by atoms with Crippen LogP contribution in [0.25, 0.3) is 0 Å². The van der Waals surface area contributed by atoms with Crippen molar-refractivity contribution in [2.75, 3.05) is 18.5 Å². The van der Waals surface area contributed by atoms with Crippen molar-refractivity contribution in [3.8, 4) is 0 Å². The minimum atomic E-state index is -0.897. The van der Waals surface area contributed by atoms with E-state index in [1.807, 2.05) is 0 Å². The SMILES string of the molecule is CN(CC(=O)O)c1ncc(C(C)(C)C)cn1. The maximum atomic E-state index is 10.5. The molecule has 0 saturated heterocycles. The highest BCUT2D eigenvalue weighted by molar-refractivity contribution is 5.72. The van der Waals surface area contributed by atoms with Crippen LogP contribution in [0, 0.1) is 0 Å². The normalized spacial score (nSPS) is 11.2. The van der Waals surface area contributed by atoms with Gasteiger partial charge in [-0.15, -0.1) is 0 Å². The third kappa shape index (κ3) is 3.18. The summed E-state index contributed by atoms with van der Waals surface area (Å²) in [6.07, 6.45) is 3.47. The monoisotopic (exact) mass is 223 g/mol. The number of anilines is 1. The Labute approximate surface area is 95.1 Å². The molecule has 1 aromatic rings. The van der Waals surface area contributed by atoms with Gasteiger partial charge in [-0.3, -0.25) is 4.79 Å². The molecular weight excluding hydrogens is 206 g/mol. The van der Waals surface area contributed by atoms with Gasteiger partial charge in [0, 0.05) is 19.4 Å². The molecule has 1 aromatic heterocycles. The zero-order valence-corrected chi connectivity index (χ0v) is 10.1. The summed E-state index contributed by atoms with van der Waals surface area (Å²) in [5.41, 5.74) is 1.03. The van der Waals surface area contributed by atoms with Crippen molar-refractivity contribution in [3.05, 3.63) is 18.0 Å². The fourth-order valence-electron chi connectivity index (χ4n) is 1.18. The number of carboxylic acids is 1. The molecule has 1 heterocycles. The van der Waals surface area contributed by atoms with Gasteiger partial charge >= 0.3 is 5.97 Å². The molecule has 88 valence electrons. The number of rotatable bonds is 3. The number of nitrogens with zero attached hydrogens (tertiary/aromatic N) is 3. The summed E-state index contributed by atoms with van der Waals surface area (Å²) >= 11 is 0. The van der Waals surface area contributed by atoms with Gasteiger partial charge in [-0.1, -0.05) is 20.8 Å². The molecule has 0 amide bonds. The molecule has 1 N–H and O–H groups in total. The Balaban J connectivity index is 2.83. The Morgan fingerprint density at radius 1 is 1.38 bits per heavy atom. The third-order valence-corrected chi connectivity index (χ3v) is 2.22. The van der Waals surface area contributed by atoms with E-state index < -0.39 is 5.97 Å². The lowest BCUT2D eigenvalue weighted by atomic mass is 9.89. The maximum absolute atomic E-state index is 10.5. The zero-order chi connectivity index (χ0) is 12.3. The first kappa shape index (κ1) is 12.4.